The number of ether oxygens (including phenoxy) is 1. The number of fused-ring (bicyclic) bond motifs is 1. The Labute approximate surface area is 194 Å². The van der Waals surface area contributed by atoms with Crippen molar-refractivity contribution in [2.75, 3.05) is 14.2 Å². The Balaban J connectivity index is 1.57. The Hall–Kier alpha value is -3.35. The highest BCUT2D eigenvalue weighted by Crippen LogP contribution is 2.24. The van der Waals surface area contributed by atoms with Gasteiger partial charge >= 0.3 is 0 Å². The lowest BCUT2D eigenvalue weighted by atomic mass is 9.94. The van der Waals surface area contributed by atoms with E-state index < -0.39 is 0 Å². The molecule has 7 nitrogen and oxygen atoms in total. The molecule has 1 heterocycles. The molecule has 33 heavy (non-hydrogen) atoms. The minimum atomic E-state index is -0.385. The van der Waals surface area contributed by atoms with Gasteiger partial charge in [0.05, 0.1) is 24.2 Å². The van der Waals surface area contributed by atoms with Crippen LogP contribution in [0.4, 0.5) is 0 Å². The molecule has 1 aliphatic rings. The molecular weight excluding hydrogens is 416 g/mol. The lowest BCUT2D eigenvalue weighted by molar-refractivity contribution is -0.133. The van der Waals surface area contributed by atoms with E-state index in [0.717, 1.165) is 23.9 Å². The molecule has 7 heteroatoms. The minimum absolute atomic E-state index is 0.0672. The molecule has 174 valence electrons. The molecule has 1 aromatic heterocycles. The molecule has 1 fully saturated rings. The third-order valence-corrected chi connectivity index (χ3v) is 6.56. The van der Waals surface area contributed by atoms with E-state index in [1.54, 1.807) is 31.4 Å². The lowest BCUT2D eigenvalue weighted by Gasteiger charge is -2.31. The molecule has 2 aromatic carbocycles. The van der Waals surface area contributed by atoms with E-state index in [2.05, 4.69) is 5.32 Å². The Morgan fingerprint density at radius 1 is 1.15 bits per heavy atom. The fraction of sp³-hybridized carbons (Fsp3) is 0.423. The van der Waals surface area contributed by atoms with Gasteiger partial charge in [0, 0.05) is 18.7 Å². The van der Waals surface area contributed by atoms with Gasteiger partial charge < -0.3 is 19.5 Å². The van der Waals surface area contributed by atoms with Crippen LogP contribution in [-0.2, 0) is 11.3 Å². The van der Waals surface area contributed by atoms with Gasteiger partial charge in [-0.05, 0) is 50.1 Å². The summed E-state index contributed by atoms with van der Waals surface area (Å²) in [5.41, 5.74) is 2.21. The molecule has 0 bridgehead atoms. The van der Waals surface area contributed by atoms with Gasteiger partial charge in [0.2, 0.25) is 5.91 Å². The van der Waals surface area contributed by atoms with Crippen LogP contribution in [0.2, 0.25) is 0 Å². The van der Waals surface area contributed by atoms with Gasteiger partial charge in [-0.1, -0.05) is 37.5 Å². The summed E-state index contributed by atoms with van der Waals surface area (Å²) in [6.45, 7) is 2.09. The molecule has 0 spiro atoms. The summed E-state index contributed by atoms with van der Waals surface area (Å²) in [5, 5.41) is 3.03. The number of hydrogen-bond acceptors (Lipinski definition) is 4. The highest BCUT2D eigenvalue weighted by molar-refractivity contribution is 5.94. The number of likely N-dealkylation sites (N-methyl/N-ethyl adjacent to an activating group) is 1. The zero-order valence-electron chi connectivity index (χ0n) is 19.6. The molecule has 1 atom stereocenters. The van der Waals surface area contributed by atoms with Gasteiger partial charge in [0.15, 0.2) is 0 Å². The first-order valence-corrected chi connectivity index (χ1v) is 11.6. The minimum Gasteiger partial charge on any atom is -0.497 e. The van der Waals surface area contributed by atoms with Crippen molar-refractivity contribution < 1.29 is 14.3 Å². The summed E-state index contributed by atoms with van der Waals surface area (Å²) in [7, 11) is 3.48. The average molecular weight is 449 g/mol. The summed E-state index contributed by atoms with van der Waals surface area (Å²) >= 11 is 0. The van der Waals surface area contributed by atoms with Crippen LogP contribution in [-0.4, -0.2) is 46.5 Å². The number of para-hydroxylation sites is 2. The number of carbonyl (C=O) groups is 2. The normalized spacial score (nSPS) is 15.2. The summed E-state index contributed by atoms with van der Waals surface area (Å²) < 4.78 is 7.17. The molecule has 1 N–H and O–H groups in total. The van der Waals surface area contributed by atoms with E-state index >= 15 is 0 Å². The largest absolute Gasteiger partial charge is 0.497 e. The molecule has 0 aliphatic heterocycles. The van der Waals surface area contributed by atoms with Crippen LogP contribution < -0.4 is 10.1 Å². The first-order chi connectivity index (χ1) is 16.0. The van der Waals surface area contributed by atoms with Gasteiger partial charge in [0.1, 0.15) is 18.1 Å². The van der Waals surface area contributed by atoms with Crippen molar-refractivity contribution in [3.63, 3.8) is 0 Å². The van der Waals surface area contributed by atoms with Crippen LogP contribution >= 0.6 is 0 Å². The summed E-state index contributed by atoms with van der Waals surface area (Å²) in [6, 6.07) is 14.7. The van der Waals surface area contributed by atoms with Crippen molar-refractivity contribution in [1.29, 1.82) is 0 Å². The first kappa shape index (κ1) is 22.8. The Kier molecular flexibility index (Phi) is 6.96. The number of nitrogens with one attached hydrogen (secondary N) is 1. The topological polar surface area (TPSA) is 76.5 Å². The second-order valence-corrected chi connectivity index (χ2v) is 8.77. The van der Waals surface area contributed by atoms with Gasteiger partial charge in [-0.25, -0.2) is 4.98 Å². The second kappa shape index (κ2) is 10.1. The number of aromatic nitrogens is 2. The maximum Gasteiger partial charge on any atom is 0.251 e. The fourth-order valence-electron chi connectivity index (χ4n) is 4.62. The SMILES string of the molecule is COc1cccc(C(=O)NC(C)c2nc3ccccc3n2CC(=O)N(C)C2CCCCC2)c1. The van der Waals surface area contributed by atoms with Crippen LogP contribution in [0.1, 0.15) is 61.3 Å². The molecular formula is C26H32N4O3. The van der Waals surface area contributed by atoms with Crippen LogP contribution in [0, 0.1) is 0 Å². The standard InChI is InChI=1S/C26H32N4O3/c1-18(27-26(32)19-10-9-13-21(16-19)33-3)25-28-22-14-7-8-15-23(22)30(25)17-24(31)29(2)20-11-5-4-6-12-20/h7-10,13-16,18,20H,4-6,11-12,17H2,1-3H3,(H,27,32). The molecule has 0 radical (unpaired) electrons. The molecule has 4 rings (SSSR count). The van der Waals surface area contributed by atoms with E-state index in [1.807, 2.05) is 47.7 Å². The molecule has 1 unspecified atom stereocenters. The number of rotatable bonds is 7. The number of benzene rings is 2. The predicted octanol–water partition coefficient (Wildman–Crippen LogP) is 4.33. The number of amides is 2. The van der Waals surface area contributed by atoms with Crippen LogP contribution in [0.25, 0.3) is 11.0 Å². The zero-order chi connectivity index (χ0) is 23.4. The molecule has 2 amide bonds. The van der Waals surface area contributed by atoms with Crippen molar-refractivity contribution in [2.24, 2.45) is 0 Å². The van der Waals surface area contributed by atoms with Crippen molar-refractivity contribution in [2.45, 2.75) is 57.7 Å². The predicted molar refractivity (Wildman–Crippen MR) is 128 cm³/mol. The second-order valence-electron chi connectivity index (χ2n) is 8.77. The van der Waals surface area contributed by atoms with Crippen molar-refractivity contribution >= 4 is 22.8 Å². The monoisotopic (exact) mass is 448 g/mol. The van der Waals surface area contributed by atoms with E-state index in [9.17, 15) is 9.59 Å². The number of carbonyl (C=O) groups excluding carboxylic acids is 2. The van der Waals surface area contributed by atoms with Crippen molar-refractivity contribution in [3.8, 4) is 5.75 Å². The molecule has 0 saturated heterocycles. The highest BCUT2D eigenvalue weighted by atomic mass is 16.5. The van der Waals surface area contributed by atoms with E-state index in [1.165, 1.54) is 19.3 Å². The summed E-state index contributed by atoms with van der Waals surface area (Å²) in [6.07, 6.45) is 5.72. The van der Waals surface area contributed by atoms with E-state index in [-0.39, 0.29) is 24.4 Å². The third-order valence-electron chi connectivity index (χ3n) is 6.56. The zero-order valence-corrected chi connectivity index (χ0v) is 19.6. The Morgan fingerprint density at radius 3 is 2.67 bits per heavy atom. The van der Waals surface area contributed by atoms with Crippen LogP contribution in [0.3, 0.4) is 0 Å². The summed E-state index contributed by atoms with van der Waals surface area (Å²) in [5.74, 6) is 1.14. The van der Waals surface area contributed by atoms with Crippen molar-refractivity contribution in [3.05, 3.63) is 59.9 Å². The maximum absolute atomic E-state index is 13.2. The number of imidazole rings is 1. The Bertz CT molecular complexity index is 1130. The number of hydrogen-bond donors (Lipinski definition) is 1. The van der Waals surface area contributed by atoms with E-state index in [0.29, 0.717) is 23.2 Å². The number of methoxy groups -OCH3 is 1. The van der Waals surface area contributed by atoms with Crippen molar-refractivity contribution in [1.82, 2.24) is 19.8 Å². The maximum atomic E-state index is 13.2. The van der Waals surface area contributed by atoms with Gasteiger partial charge in [-0.3, -0.25) is 9.59 Å². The van der Waals surface area contributed by atoms with Gasteiger partial charge in [-0.2, -0.15) is 0 Å². The van der Waals surface area contributed by atoms with Gasteiger partial charge in [-0.15, -0.1) is 0 Å². The van der Waals surface area contributed by atoms with Crippen LogP contribution in [0.5, 0.6) is 5.75 Å². The number of nitrogens with zero attached hydrogens (tertiary/aromatic N) is 3. The first-order valence-electron chi connectivity index (χ1n) is 11.6. The molecule has 1 saturated carbocycles. The quantitative estimate of drug-likeness (QED) is 0.584. The summed E-state index contributed by atoms with van der Waals surface area (Å²) in [4.78, 5) is 32.8. The van der Waals surface area contributed by atoms with Gasteiger partial charge in [0.25, 0.3) is 5.91 Å². The average Bonchev–Trinajstić information content (AvgIpc) is 3.22. The third kappa shape index (κ3) is 5.02. The van der Waals surface area contributed by atoms with E-state index in [4.69, 9.17) is 9.72 Å². The van der Waals surface area contributed by atoms with Crippen LogP contribution in [0.15, 0.2) is 48.5 Å². The smallest absolute Gasteiger partial charge is 0.251 e. The molecule has 3 aromatic rings. The fourth-order valence-corrected chi connectivity index (χ4v) is 4.62. The lowest BCUT2D eigenvalue weighted by Crippen LogP contribution is -2.40. The Morgan fingerprint density at radius 2 is 1.91 bits per heavy atom. The highest BCUT2D eigenvalue weighted by Gasteiger charge is 2.25. The molecule has 1 aliphatic carbocycles.